The maximum atomic E-state index is 11.7. The smallest absolute Gasteiger partial charge is 0.222 e. The molecule has 0 spiro atoms. The molecule has 1 atom stereocenters. The van der Waals surface area contributed by atoms with Gasteiger partial charge in [0.25, 0.3) is 0 Å². The van der Waals surface area contributed by atoms with Crippen molar-refractivity contribution in [3.63, 3.8) is 0 Å². The molecule has 0 aromatic heterocycles. The number of piperidine rings is 1. The minimum absolute atomic E-state index is 0. The summed E-state index contributed by atoms with van der Waals surface area (Å²) >= 11 is 0. The van der Waals surface area contributed by atoms with Crippen LogP contribution in [0.15, 0.2) is 17.1 Å². The zero-order valence-corrected chi connectivity index (χ0v) is 18.6. The van der Waals surface area contributed by atoms with Gasteiger partial charge >= 0.3 is 0 Å². The SMILES string of the molecule is CCNC(=NCc1c(O)ccc2c1CCCC2)NC1CCC(=O)N(C)C1.I. The first-order chi connectivity index (χ1) is 12.6. The first-order valence-corrected chi connectivity index (χ1v) is 9.70. The minimum atomic E-state index is 0. The maximum Gasteiger partial charge on any atom is 0.222 e. The van der Waals surface area contributed by atoms with E-state index < -0.39 is 0 Å². The molecular weight excluding hydrogens is 455 g/mol. The lowest BCUT2D eigenvalue weighted by Crippen LogP contribution is -2.51. The fourth-order valence-corrected chi connectivity index (χ4v) is 3.87. The number of likely N-dealkylation sites (tertiary alicyclic amines) is 1. The molecule has 1 aliphatic carbocycles. The predicted molar refractivity (Wildman–Crippen MR) is 119 cm³/mol. The van der Waals surface area contributed by atoms with E-state index in [-0.39, 0.29) is 35.9 Å². The van der Waals surface area contributed by atoms with Crippen LogP contribution in [0.4, 0.5) is 0 Å². The van der Waals surface area contributed by atoms with Crippen LogP contribution in [0.1, 0.15) is 49.3 Å². The van der Waals surface area contributed by atoms with Gasteiger partial charge in [-0.25, -0.2) is 4.99 Å². The van der Waals surface area contributed by atoms with E-state index in [0.29, 0.717) is 25.3 Å². The summed E-state index contributed by atoms with van der Waals surface area (Å²) in [4.78, 5) is 18.2. The van der Waals surface area contributed by atoms with Gasteiger partial charge in [-0.15, -0.1) is 24.0 Å². The third kappa shape index (κ3) is 5.49. The molecule has 1 saturated heterocycles. The van der Waals surface area contributed by atoms with Crippen molar-refractivity contribution in [1.82, 2.24) is 15.5 Å². The number of carbonyl (C=O) groups excluding carboxylic acids is 1. The topological polar surface area (TPSA) is 77.0 Å². The number of likely N-dealkylation sites (N-methyl/N-ethyl adjacent to an activating group) is 1. The van der Waals surface area contributed by atoms with Crippen molar-refractivity contribution in [3.05, 3.63) is 28.8 Å². The molecule has 6 nitrogen and oxygen atoms in total. The summed E-state index contributed by atoms with van der Waals surface area (Å²) in [5, 5.41) is 17.1. The van der Waals surface area contributed by atoms with Crippen LogP contribution >= 0.6 is 24.0 Å². The number of guanidine groups is 1. The lowest BCUT2D eigenvalue weighted by Gasteiger charge is -2.31. The third-order valence-corrected chi connectivity index (χ3v) is 5.33. The number of rotatable bonds is 4. The number of phenolic OH excluding ortho intramolecular Hbond substituents is 1. The molecule has 7 heteroatoms. The Balaban J connectivity index is 0.00000261. The quantitative estimate of drug-likeness (QED) is 0.348. The number of nitrogens with zero attached hydrogens (tertiary/aromatic N) is 2. The standard InChI is InChI=1S/C20H30N4O2.HI/c1-3-21-20(23-15-9-11-19(26)24(2)13-15)22-12-17-16-7-5-4-6-14(16)8-10-18(17)25;/h8,10,15,25H,3-7,9,11-13H2,1-2H3,(H2,21,22,23);1H. The van der Waals surface area contributed by atoms with Crippen LogP contribution in [0.3, 0.4) is 0 Å². The number of fused-ring (bicyclic) bond motifs is 1. The van der Waals surface area contributed by atoms with Gasteiger partial charge in [0.05, 0.1) is 6.54 Å². The largest absolute Gasteiger partial charge is 0.508 e. The number of halogens is 1. The van der Waals surface area contributed by atoms with Crippen LogP contribution in [0, 0.1) is 0 Å². The van der Waals surface area contributed by atoms with E-state index in [4.69, 9.17) is 4.99 Å². The van der Waals surface area contributed by atoms with Crippen LogP contribution < -0.4 is 10.6 Å². The third-order valence-electron chi connectivity index (χ3n) is 5.33. The van der Waals surface area contributed by atoms with E-state index in [1.807, 2.05) is 14.0 Å². The summed E-state index contributed by atoms with van der Waals surface area (Å²) in [7, 11) is 1.84. The second-order valence-corrected chi connectivity index (χ2v) is 7.26. The van der Waals surface area contributed by atoms with Crippen molar-refractivity contribution in [3.8, 4) is 5.75 Å². The van der Waals surface area contributed by atoms with Gasteiger partial charge in [-0.1, -0.05) is 6.07 Å². The number of aryl methyl sites for hydroxylation is 1. The van der Waals surface area contributed by atoms with Crippen LogP contribution in [-0.4, -0.2) is 48.1 Å². The Labute approximate surface area is 178 Å². The molecule has 0 radical (unpaired) electrons. The lowest BCUT2D eigenvalue weighted by molar-refractivity contribution is -0.132. The monoisotopic (exact) mass is 486 g/mol. The first-order valence-electron chi connectivity index (χ1n) is 9.70. The number of benzene rings is 1. The van der Waals surface area contributed by atoms with Gasteiger partial charge in [0, 0.05) is 38.2 Å². The van der Waals surface area contributed by atoms with E-state index >= 15 is 0 Å². The number of aliphatic imine (C=N–C) groups is 1. The molecule has 1 aromatic rings. The number of carbonyl (C=O) groups is 1. The fourth-order valence-electron chi connectivity index (χ4n) is 3.87. The van der Waals surface area contributed by atoms with E-state index in [1.165, 1.54) is 24.0 Å². The second kappa shape index (κ2) is 10.1. The number of phenols is 1. The molecule has 0 bridgehead atoms. The Morgan fingerprint density at radius 3 is 2.81 bits per heavy atom. The van der Waals surface area contributed by atoms with Gasteiger partial charge in [0.2, 0.25) is 5.91 Å². The number of amides is 1. The van der Waals surface area contributed by atoms with E-state index in [1.54, 1.807) is 11.0 Å². The van der Waals surface area contributed by atoms with Crippen molar-refractivity contribution in [1.29, 1.82) is 0 Å². The zero-order valence-electron chi connectivity index (χ0n) is 16.3. The molecule has 1 heterocycles. The van der Waals surface area contributed by atoms with Gasteiger partial charge in [-0.3, -0.25) is 4.79 Å². The Bertz CT molecular complexity index is 693. The lowest BCUT2D eigenvalue weighted by atomic mass is 9.88. The summed E-state index contributed by atoms with van der Waals surface area (Å²) in [5.41, 5.74) is 3.58. The van der Waals surface area contributed by atoms with Crippen molar-refractivity contribution >= 4 is 35.8 Å². The highest BCUT2D eigenvalue weighted by Gasteiger charge is 2.23. The Hall–Kier alpha value is -1.51. The average Bonchev–Trinajstić information content (AvgIpc) is 2.64. The molecule has 0 saturated carbocycles. The van der Waals surface area contributed by atoms with E-state index in [0.717, 1.165) is 37.3 Å². The summed E-state index contributed by atoms with van der Waals surface area (Å²) in [6, 6.07) is 4.06. The number of nitrogens with one attached hydrogen (secondary N) is 2. The van der Waals surface area contributed by atoms with Crippen molar-refractivity contribution < 1.29 is 9.90 Å². The van der Waals surface area contributed by atoms with Crippen molar-refractivity contribution in [2.75, 3.05) is 20.1 Å². The number of aromatic hydroxyl groups is 1. The summed E-state index contributed by atoms with van der Waals surface area (Å²) < 4.78 is 0. The molecule has 1 aromatic carbocycles. The van der Waals surface area contributed by atoms with Gasteiger partial charge in [-0.05, 0) is 56.2 Å². The molecule has 3 N–H and O–H groups in total. The first kappa shape index (κ1) is 21.8. The van der Waals surface area contributed by atoms with Crippen LogP contribution in [0.2, 0.25) is 0 Å². The predicted octanol–water partition coefficient (Wildman–Crippen LogP) is 2.56. The van der Waals surface area contributed by atoms with Gasteiger partial charge in [0.1, 0.15) is 5.75 Å². The Kier molecular flexibility index (Phi) is 8.19. The minimum Gasteiger partial charge on any atom is -0.508 e. The molecule has 1 aliphatic heterocycles. The van der Waals surface area contributed by atoms with Crippen LogP contribution in [0.25, 0.3) is 0 Å². The highest BCUT2D eigenvalue weighted by atomic mass is 127. The highest BCUT2D eigenvalue weighted by Crippen LogP contribution is 2.31. The maximum absolute atomic E-state index is 11.7. The second-order valence-electron chi connectivity index (χ2n) is 7.26. The molecule has 3 rings (SSSR count). The Morgan fingerprint density at radius 1 is 1.30 bits per heavy atom. The van der Waals surface area contributed by atoms with Crippen LogP contribution in [0.5, 0.6) is 5.75 Å². The molecule has 1 amide bonds. The molecule has 27 heavy (non-hydrogen) atoms. The van der Waals surface area contributed by atoms with Crippen molar-refractivity contribution in [2.24, 2.45) is 4.99 Å². The molecule has 1 unspecified atom stereocenters. The fraction of sp³-hybridized carbons (Fsp3) is 0.600. The summed E-state index contributed by atoms with van der Waals surface area (Å²) in [6.07, 6.45) is 5.90. The van der Waals surface area contributed by atoms with E-state index in [9.17, 15) is 9.90 Å². The normalized spacial score (nSPS) is 19.9. The number of hydrogen-bond acceptors (Lipinski definition) is 3. The number of hydrogen-bond donors (Lipinski definition) is 3. The van der Waals surface area contributed by atoms with Gasteiger partial charge in [-0.2, -0.15) is 0 Å². The molecular formula is C20H31IN4O2. The molecule has 150 valence electrons. The average molecular weight is 486 g/mol. The zero-order chi connectivity index (χ0) is 18.5. The highest BCUT2D eigenvalue weighted by molar-refractivity contribution is 14.0. The van der Waals surface area contributed by atoms with Gasteiger partial charge in [0.15, 0.2) is 5.96 Å². The van der Waals surface area contributed by atoms with Crippen LogP contribution in [-0.2, 0) is 24.2 Å². The summed E-state index contributed by atoms with van der Waals surface area (Å²) in [5.74, 6) is 1.28. The Morgan fingerprint density at radius 2 is 2.07 bits per heavy atom. The molecule has 2 aliphatic rings. The summed E-state index contributed by atoms with van der Waals surface area (Å²) in [6.45, 7) is 3.96. The van der Waals surface area contributed by atoms with Crippen molar-refractivity contribution in [2.45, 2.75) is 58.0 Å². The van der Waals surface area contributed by atoms with E-state index in [2.05, 4.69) is 16.7 Å². The molecule has 1 fully saturated rings. The van der Waals surface area contributed by atoms with Gasteiger partial charge < -0.3 is 20.6 Å².